The second kappa shape index (κ2) is 9.12. The highest BCUT2D eigenvalue weighted by atomic mass is 16.2. The maximum Gasteiger partial charge on any atom is 0.251 e. The number of aryl methyl sites for hydroxylation is 2. The quantitative estimate of drug-likeness (QED) is 0.847. The van der Waals surface area contributed by atoms with Gasteiger partial charge in [-0.2, -0.15) is 0 Å². The van der Waals surface area contributed by atoms with Crippen LogP contribution in [0.15, 0.2) is 48.5 Å². The van der Waals surface area contributed by atoms with Gasteiger partial charge in [-0.15, -0.1) is 0 Å². The van der Waals surface area contributed by atoms with Crippen LogP contribution in [0, 0.1) is 19.8 Å². The Labute approximate surface area is 173 Å². The van der Waals surface area contributed by atoms with Crippen molar-refractivity contribution in [2.45, 2.75) is 33.7 Å². The largest absolute Gasteiger partial charge is 0.368 e. The minimum absolute atomic E-state index is 0.00503. The first-order valence-corrected chi connectivity index (χ1v) is 10.3. The van der Waals surface area contributed by atoms with Crippen molar-refractivity contribution in [2.24, 2.45) is 5.92 Å². The number of amides is 2. The van der Waals surface area contributed by atoms with Crippen LogP contribution in [0.5, 0.6) is 0 Å². The van der Waals surface area contributed by atoms with Gasteiger partial charge in [-0.05, 0) is 43.5 Å². The summed E-state index contributed by atoms with van der Waals surface area (Å²) in [7, 11) is 0. The lowest BCUT2D eigenvalue weighted by atomic mass is 10.0. The number of anilines is 1. The van der Waals surface area contributed by atoms with Crippen molar-refractivity contribution < 1.29 is 9.59 Å². The van der Waals surface area contributed by atoms with E-state index in [0.717, 1.165) is 18.7 Å². The van der Waals surface area contributed by atoms with Crippen LogP contribution >= 0.6 is 0 Å². The van der Waals surface area contributed by atoms with Crippen LogP contribution < -0.4 is 10.2 Å². The molecule has 3 rings (SSSR count). The standard InChI is InChI=1S/C24H31N3O2/c1-17(2)22(25-23(28)20-10-7-8-18(3)16-20)24(29)27-14-12-26(13-15-27)21-11-6-5-9-19(21)4/h5-11,16-17,22H,12-15H2,1-4H3,(H,25,28). The van der Waals surface area contributed by atoms with Gasteiger partial charge in [0.05, 0.1) is 0 Å². The van der Waals surface area contributed by atoms with Gasteiger partial charge in [0.15, 0.2) is 0 Å². The molecule has 0 bridgehead atoms. The number of hydrogen-bond donors (Lipinski definition) is 1. The summed E-state index contributed by atoms with van der Waals surface area (Å²) >= 11 is 0. The number of rotatable bonds is 5. The molecule has 0 radical (unpaired) electrons. The fourth-order valence-corrected chi connectivity index (χ4v) is 3.81. The number of para-hydroxylation sites is 1. The molecule has 0 spiro atoms. The molecule has 29 heavy (non-hydrogen) atoms. The van der Waals surface area contributed by atoms with Crippen molar-refractivity contribution in [1.82, 2.24) is 10.2 Å². The maximum atomic E-state index is 13.2. The average molecular weight is 394 g/mol. The Balaban J connectivity index is 1.64. The number of piperazine rings is 1. The van der Waals surface area contributed by atoms with Gasteiger partial charge in [-0.1, -0.05) is 49.7 Å². The molecule has 1 heterocycles. The maximum absolute atomic E-state index is 13.2. The number of hydrogen-bond acceptors (Lipinski definition) is 3. The Morgan fingerprint density at radius 1 is 0.931 bits per heavy atom. The molecule has 2 aromatic rings. The van der Waals surface area contributed by atoms with Crippen LogP contribution in [-0.2, 0) is 4.79 Å². The summed E-state index contributed by atoms with van der Waals surface area (Å²) in [5.74, 6) is -0.171. The molecule has 1 aliphatic heterocycles. The molecule has 2 amide bonds. The van der Waals surface area contributed by atoms with Gasteiger partial charge in [-0.3, -0.25) is 9.59 Å². The predicted octanol–water partition coefficient (Wildman–Crippen LogP) is 3.41. The molecule has 2 aromatic carbocycles. The molecule has 1 N–H and O–H groups in total. The third-order valence-electron chi connectivity index (χ3n) is 5.55. The van der Waals surface area contributed by atoms with E-state index in [1.807, 2.05) is 49.9 Å². The van der Waals surface area contributed by atoms with E-state index in [2.05, 4.69) is 35.3 Å². The van der Waals surface area contributed by atoms with Crippen molar-refractivity contribution in [3.63, 3.8) is 0 Å². The zero-order valence-corrected chi connectivity index (χ0v) is 17.8. The van der Waals surface area contributed by atoms with Crippen molar-refractivity contribution in [3.8, 4) is 0 Å². The number of benzene rings is 2. The van der Waals surface area contributed by atoms with Gasteiger partial charge in [-0.25, -0.2) is 0 Å². The van der Waals surface area contributed by atoms with E-state index in [1.165, 1.54) is 11.3 Å². The van der Waals surface area contributed by atoms with Crippen LogP contribution in [0.1, 0.15) is 35.3 Å². The number of nitrogens with zero attached hydrogens (tertiary/aromatic N) is 2. The highest BCUT2D eigenvalue weighted by molar-refractivity contribution is 5.97. The van der Waals surface area contributed by atoms with Crippen LogP contribution in [-0.4, -0.2) is 48.9 Å². The van der Waals surface area contributed by atoms with E-state index in [4.69, 9.17) is 0 Å². The molecule has 0 aliphatic carbocycles. The molecule has 1 fully saturated rings. The Morgan fingerprint density at radius 3 is 2.24 bits per heavy atom. The average Bonchev–Trinajstić information content (AvgIpc) is 2.71. The van der Waals surface area contributed by atoms with Crippen molar-refractivity contribution in [2.75, 3.05) is 31.1 Å². The molecule has 1 unspecified atom stereocenters. The molecule has 5 heteroatoms. The minimum Gasteiger partial charge on any atom is -0.368 e. The van der Waals surface area contributed by atoms with Crippen LogP contribution in [0.2, 0.25) is 0 Å². The first-order valence-electron chi connectivity index (χ1n) is 10.3. The van der Waals surface area contributed by atoms with Crippen LogP contribution in [0.4, 0.5) is 5.69 Å². The van der Waals surface area contributed by atoms with E-state index in [-0.39, 0.29) is 17.7 Å². The van der Waals surface area contributed by atoms with Gasteiger partial charge in [0.1, 0.15) is 6.04 Å². The summed E-state index contributed by atoms with van der Waals surface area (Å²) < 4.78 is 0. The third-order valence-corrected chi connectivity index (χ3v) is 5.55. The topological polar surface area (TPSA) is 52.7 Å². The molecule has 5 nitrogen and oxygen atoms in total. The summed E-state index contributed by atoms with van der Waals surface area (Å²) in [6.07, 6.45) is 0. The highest BCUT2D eigenvalue weighted by Gasteiger charge is 2.31. The number of carbonyl (C=O) groups is 2. The van der Waals surface area contributed by atoms with Gasteiger partial charge < -0.3 is 15.1 Å². The lowest BCUT2D eigenvalue weighted by molar-refractivity contribution is -0.134. The lowest BCUT2D eigenvalue weighted by Crippen LogP contribution is -2.56. The normalized spacial score (nSPS) is 15.3. The molecule has 1 atom stereocenters. The fourth-order valence-electron chi connectivity index (χ4n) is 3.81. The van der Waals surface area contributed by atoms with Gasteiger partial charge in [0.2, 0.25) is 5.91 Å². The van der Waals surface area contributed by atoms with E-state index in [9.17, 15) is 9.59 Å². The van der Waals surface area contributed by atoms with Gasteiger partial charge >= 0.3 is 0 Å². The van der Waals surface area contributed by atoms with E-state index in [0.29, 0.717) is 18.7 Å². The zero-order valence-electron chi connectivity index (χ0n) is 17.8. The lowest BCUT2D eigenvalue weighted by Gasteiger charge is -2.38. The molecule has 0 aromatic heterocycles. The summed E-state index contributed by atoms with van der Waals surface area (Å²) in [5.41, 5.74) is 4.09. The van der Waals surface area contributed by atoms with Crippen molar-refractivity contribution in [1.29, 1.82) is 0 Å². The molecule has 1 aliphatic rings. The summed E-state index contributed by atoms with van der Waals surface area (Å²) in [4.78, 5) is 30.1. The number of nitrogens with one attached hydrogen (secondary N) is 1. The summed E-state index contributed by atoms with van der Waals surface area (Å²) in [5, 5.41) is 2.97. The predicted molar refractivity (Wildman–Crippen MR) is 117 cm³/mol. The van der Waals surface area contributed by atoms with Crippen LogP contribution in [0.3, 0.4) is 0 Å². The first kappa shape index (κ1) is 20.9. The summed E-state index contributed by atoms with van der Waals surface area (Å²) in [6.45, 7) is 10.9. The van der Waals surface area contributed by atoms with E-state index in [1.54, 1.807) is 6.07 Å². The Bertz CT molecular complexity index is 870. The van der Waals surface area contributed by atoms with Crippen LogP contribution in [0.25, 0.3) is 0 Å². The first-order chi connectivity index (χ1) is 13.9. The van der Waals surface area contributed by atoms with Crippen molar-refractivity contribution >= 4 is 17.5 Å². The molecule has 1 saturated heterocycles. The number of carbonyl (C=O) groups excluding carboxylic acids is 2. The summed E-state index contributed by atoms with van der Waals surface area (Å²) in [6, 6.07) is 15.3. The Kier molecular flexibility index (Phi) is 6.57. The Morgan fingerprint density at radius 2 is 1.62 bits per heavy atom. The zero-order chi connectivity index (χ0) is 21.0. The monoisotopic (exact) mass is 393 g/mol. The third kappa shape index (κ3) is 4.97. The minimum atomic E-state index is -0.520. The SMILES string of the molecule is Cc1cccc(C(=O)NC(C(=O)N2CCN(c3ccccc3C)CC2)C(C)C)c1. The highest BCUT2D eigenvalue weighted by Crippen LogP contribution is 2.21. The smallest absolute Gasteiger partial charge is 0.251 e. The van der Waals surface area contributed by atoms with E-state index >= 15 is 0 Å². The van der Waals surface area contributed by atoms with E-state index < -0.39 is 6.04 Å². The molecular formula is C24H31N3O2. The van der Waals surface area contributed by atoms with Gasteiger partial charge in [0, 0.05) is 37.4 Å². The second-order valence-corrected chi connectivity index (χ2v) is 8.16. The molecule has 154 valence electrons. The van der Waals surface area contributed by atoms with Crippen molar-refractivity contribution in [3.05, 3.63) is 65.2 Å². The Hall–Kier alpha value is -2.82. The second-order valence-electron chi connectivity index (χ2n) is 8.16. The van der Waals surface area contributed by atoms with Gasteiger partial charge in [0.25, 0.3) is 5.91 Å². The molecular weight excluding hydrogens is 362 g/mol. The fraction of sp³-hybridized carbons (Fsp3) is 0.417. The molecule has 0 saturated carbocycles.